The van der Waals surface area contributed by atoms with E-state index < -0.39 is 10.0 Å². The molecule has 142 valence electrons. The lowest BCUT2D eigenvalue weighted by molar-refractivity contribution is 0.414. The van der Waals surface area contributed by atoms with Gasteiger partial charge in [0.15, 0.2) is 0 Å². The standard InChI is InChI=1S/C20H22N2O3S2/c1-14-4-6-16(7-5-14)20-22-15(2)19(26-20)12-13-21-27(23,24)18-10-8-17(25-3)9-11-18/h4-11,21H,12-13H2,1-3H3. The highest BCUT2D eigenvalue weighted by Crippen LogP contribution is 2.28. The normalized spacial score (nSPS) is 11.5. The number of benzene rings is 2. The van der Waals surface area contributed by atoms with Crippen molar-refractivity contribution in [3.8, 4) is 16.3 Å². The van der Waals surface area contributed by atoms with Crippen LogP contribution in [0.1, 0.15) is 16.1 Å². The fourth-order valence-corrected chi connectivity index (χ4v) is 4.72. The molecule has 0 radical (unpaired) electrons. The van der Waals surface area contributed by atoms with Gasteiger partial charge in [0.1, 0.15) is 10.8 Å². The summed E-state index contributed by atoms with van der Waals surface area (Å²) in [7, 11) is -1.99. The summed E-state index contributed by atoms with van der Waals surface area (Å²) in [5, 5.41) is 0.959. The minimum Gasteiger partial charge on any atom is -0.497 e. The van der Waals surface area contributed by atoms with E-state index in [1.54, 1.807) is 30.6 Å². The van der Waals surface area contributed by atoms with Crippen molar-refractivity contribution >= 4 is 21.4 Å². The molecular weight excluding hydrogens is 380 g/mol. The lowest BCUT2D eigenvalue weighted by atomic mass is 10.2. The molecule has 0 aliphatic carbocycles. The number of methoxy groups -OCH3 is 1. The van der Waals surface area contributed by atoms with Crippen LogP contribution in [0.4, 0.5) is 0 Å². The molecule has 7 heteroatoms. The van der Waals surface area contributed by atoms with Crippen LogP contribution in [0.25, 0.3) is 10.6 Å². The Kier molecular flexibility index (Phi) is 5.94. The number of aryl methyl sites for hydroxylation is 2. The molecular formula is C20H22N2O3S2. The largest absolute Gasteiger partial charge is 0.497 e. The summed E-state index contributed by atoms with van der Waals surface area (Å²) >= 11 is 1.61. The van der Waals surface area contributed by atoms with Crippen LogP contribution in [-0.4, -0.2) is 27.1 Å². The number of hydrogen-bond donors (Lipinski definition) is 1. The molecule has 0 spiro atoms. The fourth-order valence-electron chi connectivity index (χ4n) is 2.62. The zero-order chi connectivity index (χ0) is 19.4. The van der Waals surface area contributed by atoms with Crippen LogP contribution < -0.4 is 9.46 Å². The topological polar surface area (TPSA) is 68.3 Å². The van der Waals surface area contributed by atoms with Crippen molar-refractivity contribution in [1.82, 2.24) is 9.71 Å². The summed E-state index contributed by atoms with van der Waals surface area (Å²) in [6.07, 6.45) is 0.602. The second-order valence-electron chi connectivity index (χ2n) is 6.22. The number of ether oxygens (including phenoxy) is 1. The lowest BCUT2D eigenvalue weighted by Crippen LogP contribution is -2.25. The van der Waals surface area contributed by atoms with Gasteiger partial charge in [-0.3, -0.25) is 0 Å². The van der Waals surface area contributed by atoms with Crippen molar-refractivity contribution in [2.45, 2.75) is 25.2 Å². The molecule has 2 aromatic carbocycles. The Labute approximate surface area is 164 Å². The highest BCUT2D eigenvalue weighted by molar-refractivity contribution is 7.89. The minimum atomic E-state index is -3.54. The monoisotopic (exact) mass is 402 g/mol. The van der Waals surface area contributed by atoms with Crippen LogP contribution in [0.15, 0.2) is 53.4 Å². The molecule has 0 unspecified atom stereocenters. The number of thiazole rings is 1. The van der Waals surface area contributed by atoms with Gasteiger partial charge < -0.3 is 4.74 Å². The van der Waals surface area contributed by atoms with Crippen LogP contribution in [0.3, 0.4) is 0 Å². The van der Waals surface area contributed by atoms with E-state index in [9.17, 15) is 8.42 Å². The first-order valence-electron chi connectivity index (χ1n) is 8.56. The molecule has 1 N–H and O–H groups in total. The van der Waals surface area contributed by atoms with Crippen LogP contribution in [0.5, 0.6) is 5.75 Å². The molecule has 3 aromatic rings. The molecule has 0 bridgehead atoms. The zero-order valence-corrected chi connectivity index (χ0v) is 17.2. The Morgan fingerprint density at radius 1 is 1.04 bits per heavy atom. The summed E-state index contributed by atoms with van der Waals surface area (Å²) in [4.78, 5) is 5.94. The smallest absolute Gasteiger partial charge is 0.240 e. The second-order valence-corrected chi connectivity index (χ2v) is 9.07. The predicted octanol–water partition coefficient (Wildman–Crippen LogP) is 3.96. The van der Waals surface area contributed by atoms with Crippen LogP contribution in [-0.2, 0) is 16.4 Å². The summed E-state index contributed by atoms with van der Waals surface area (Å²) in [5.74, 6) is 0.623. The van der Waals surface area contributed by atoms with Gasteiger partial charge in [0.25, 0.3) is 0 Å². The van der Waals surface area contributed by atoms with Gasteiger partial charge in [-0.25, -0.2) is 18.1 Å². The van der Waals surface area contributed by atoms with Gasteiger partial charge in [0, 0.05) is 17.0 Å². The molecule has 0 saturated heterocycles. The minimum absolute atomic E-state index is 0.227. The predicted molar refractivity (Wildman–Crippen MR) is 109 cm³/mol. The van der Waals surface area contributed by atoms with E-state index in [2.05, 4.69) is 40.9 Å². The van der Waals surface area contributed by atoms with Crippen LogP contribution in [0, 0.1) is 13.8 Å². The molecule has 0 aliphatic rings. The van der Waals surface area contributed by atoms with Crippen molar-refractivity contribution in [2.75, 3.05) is 13.7 Å². The van der Waals surface area contributed by atoms with E-state index in [1.807, 2.05) is 6.92 Å². The van der Waals surface area contributed by atoms with Gasteiger partial charge in [-0.2, -0.15) is 0 Å². The second kappa shape index (κ2) is 8.21. The summed E-state index contributed by atoms with van der Waals surface area (Å²) in [6, 6.07) is 14.6. The quantitative estimate of drug-likeness (QED) is 0.650. The zero-order valence-electron chi connectivity index (χ0n) is 15.5. The van der Waals surface area contributed by atoms with E-state index in [4.69, 9.17) is 4.74 Å². The molecule has 1 aromatic heterocycles. The molecule has 0 amide bonds. The van der Waals surface area contributed by atoms with Gasteiger partial charge in [-0.05, 0) is 44.5 Å². The number of rotatable bonds is 7. The maximum Gasteiger partial charge on any atom is 0.240 e. The first-order valence-corrected chi connectivity index (χ1v) is 10.9. The number of sulfonamides is 1. The Morgan fingerprint density at radius 2 is 1.70 bits per heavy atom. The van der Waals surface area contributed by atoms with Crippen LogP contribution in [0.2, 0.25) is 0 Å². The molecule has 0 fully saturated rings. The van der Waals surface area contributed by atoms with E-state index in [1.165, 1.54) is 17.7 Å². The van der Waals surface area contributed by atoms with Crippen molar-refractivity contribution < 1.29 is 13.2 Å². The van der Waals surface area contributed by atoms with Gasteiger partial charge in [0.05, 0.1) is 17.7 Å². The molecule has 0 saturated carbocycles. The Balaban J connectivity index is 1.65. The maximum atomic E-state index is 12.4. The number of nitrogens with one attached hydrogen (secondary N) is 1. The van der Waals surface area contributed by atoms with E-state index in [0.29, 0.717) is 18.7 Å². The van der Waals surface area contributed by atoms with Gasteiger partial charge in [-0.1, -0.05) is 29.8 Å². The lowest BCUT2D eigenvalue weighted by Gasteiger charge is -2.07. The SMILES string of the molecule is COc1ccc(S(=O)(=O)NCCc2sc(-c3ccc(C)cc3)nc2C)cc1. The van der Waals surface area contributed by atoms with Gasteiger partial charge >= 0.3 is 0 Å². The Bertz CT molecular complexity index is 1010. The van der Waals surface area contributed by atoms with Crippen molar-refractivity contribution in [3.63, 3.8) is 0 Å². The summed E-state index contributed by atoms with van der Waals surface area (Å²) in [6.45, 7) is 4.34. The third-order valence-electron chi connectivity index (χ3n) is 4.21. The Morgan fingerprint density at radius 3 is 2.33 bits per heavy atom. The third-order valence-corrected chi connectivity index (χ3v) is 6.95. The van der Waals surface area contributed by atoms with Crippen molar-refractivity contribution in [2.24, 2.45) is 0 Å². The summed E-state index contributed by atoms with van der Waals surface area (Å²) in [5.41, 5.74) is 3.23. The highest BCUT2D eigenvalue weighted by atomic mass is 32.2. The summed E-state index contributed by atoms with van der Waals surface area (Å²) < 4.78 is 32.5. The van der Waals surface area contributed by atoms with Gasteiger partial charge in [0.2, 0.25) is 10.0 Å². The first kappa shape index (κ1) is 19.5. The van der Waals surface area contributed by atoms with Gasteiger partial charge in [-0.15, -0.1) is 11.3 Å². The number of hydrogen-bond acceptors (Lipinski definition) is 5. The van der Waals surface area contributed by atoms with E-state index in [0.717, 1.165) is 21.1 Å². The van der Waals surface area contributed by atoms with Crippen molar-refractivity contribution in [1.29, 1.82) is 0 Å². The third kappa shape index (κ3) is 4.74. The molecule has 0 atom stereocenters. The fraction of sp³-hybridized carbons (Fsp3) is 0.250. The highest BCUT2D eigenvalue weighted by Gasteiger charge is 2.15. The van der Waals surface area contributed by atoms with Crippen LogP contribution >= 0.6 is 11.3 Å². The average Bonchev–Trinajstić information content (AvgIpc) is 3.03. The van der Waals surface area contributed by atoms with E-state index >= 15 is 0 Å². The molecule has 3 rings (SSSR count). The molecule has 0 aliphatic heterocycles. The number of aromatic nitrogens is 1. The van der Waals surface area contributed by atoms with E-state index in [-0.39, 0.29) is 4.90 Å². The number of nitrogens with zero attached hydrogens (tertiary/aromatic N) is 1. The molecule has 27 heavy (non-hydrogen) atoms. The first-order chi connectivity index (χ1) is 12.9. The Hall–Kier alpha value is -2.22. The average molecular weight is 403 g/mol. The van der Waals surface area contributed by atoms with Crippen molar-refractivity contribution in [3.05, 3.63) is 64.7 Å². The maximum absolute atomic E-state index is 12.4. The molecule has 1 heterocycles. The molecule has 5 nitrogen and oxygen atoms in total.